The fourth-order valence-electron chi connectivity index (χ4n) is 0.807. The molecule has 0 spiro atoms. The lowest BCUT2D eigenvalue weighted by molar-refractivity contribution is -0.456. The van der Waals surface area contributed by atoms with E-state index in [-0.39, 0.29) is 12.8 Å². The highest BCUT2D eigenvalue weighted by Gasteiger charge is 2.81. The number of unbranched alkanes of at least 4 members (excludes halogenated alkanes) is 1. The van der Waals surface area contributed by atoms with E-state index < -0.39 is 30.7 Å². The van der Waals surface area contributed by atoms with Gasteiger partial charge < -0.3 is 9.84 Å². The summed E-state index contributed by atoms with van der Waals surface area (Å²) in [4.78, 5) is 0. The summed E-state index contributed by atoms with van der Waals surface area (Å²) in [7, 11) is 0. The van der Waals surface area contributed by atoms with Crippen molar-refractivity contribution in [3.8, 4) is 0 Å². The molecule has 0 unspecified atom stereocenters. The van der Waals surface area contributed by atoms with Crippen LogP contribution in [0.5, 0.6) is 0 Å². The van der Waals surface area contributed by atoms with Crippen molar-refractivity contribution in [3.63, 3.8) is 0 Å². The molecule has 1 N–H and O–H groups in total. The van der Waals surface area contributed by atoms with E-state index in [9.17, 15) is 35.1 Å². The predicted molar refractivity (Wildman–Crippen MR) is 42.9 cm³/mol. The Balaban J connectivity index is 5.11. The first-order chi connectivity index (χ1) is 7.81. The molecule has 0 saturated carbocycles. The number of rotatable bonds is 7. The summed E-state index contributed by atoms with van der Waals surface area (Å²) in [5, 5.41) is 7.56. The second-order valence-electron chi connectivity index (χ2n) is 3.41. The Labute approximate surface area is 96.5 Å². The van der Waals surface area contributed by atoms with E-state index in [0.29, 0.717) is 0 Å². The minimum Gasteiger partial charge on any atom is -0.331 e. The van der Waals surface area contributed by atoms with Crippen LogP contribution in [0.4, 0.5) is 35.1 Å². The maximum absolute atomic E-state index is 12.7. The van der Waals surface area contributed by atoms with Crippen molar-refractivity contribution in [2.24, 2.45) is 0 Å². The number of alkyl halides is 8. The summed E-state index contributed by atoms with van der Waals surface area (Å²) in [6.07, 6.45) is -12.1. The molecular weight excluding hydrogens is 280 g/mol. The van der Waals surface area contributed by atoms with Crippen LogP contribution in [0.1, 0.15) is 19.8 Å². The SMILES string of the molecule is CCCCOC(F)(F)C(F)(F)C(F)(F)C(O)(F)F. The smallest absolute Gasteiger partial charge is 0.331 e. The average molecular weight is 290 g/mol. The van der Waals surface area contributed by atoms with Crippen LogP contribution < -0.4 is 0 Å². The summed E-state index contributed by atoms with van der Waals surface area (Å²) in [5.74, 6) is -13.2. The maximum Gasteiger partial charge on any atom is 0.426 e. The third kappa shape index (κ3) is 3.02. The number of hydrogen-bond donors (Lipinski definition) is 1. The van der Waals surface area contributed by atoms with Gasteiger partial charge in [-0.1, -0.05) is 13.3 Å². The highest BCUT2D eigenvalue weighted by molar-refractivity contribution is 4.96. The second-order valence-corrected chi connectivity index (χ2v) is 3.41. The van der Waals surface area contributed by atoms with Crippen LogP contribution in [-0.4, -0.2) is 35.8 Å². The Morgan fingerprint density at radius 3 is 1.67 bits per heavy atom. The van der Waals surface area contributed by atoms with E-state index in [4.69, 9.17) is 5.11 Å². The molecule has 0 aliphatic rings. The molecule has 0 aliphatic carbocycles. The normalized spacial score (nSPS) is 15.0. The van der Waals surface area contributed by atoms with E-state index in [1.807, 2.05) is 0 Å². The molecule has 2 nitrogen and oxygen atoms in total. The van der Waals surface area contributed by atoms with Gasteiger partial charge >= 0.3 is 24.1 Å². The van der Waals surface area contributed by atoms with Gasteiger partial charge in [0, 0.05) is 0 Å². The highest BCUT2D eigenvalue weighted by Crippen LogP contribution is 2.51. The fraction of sp³-hybridized carbons (Fsp3) is 1.00. The Bertz CT molecular complexity index is 273. The van der Waals surface area contributed by atoms with Crippen molar-refractivity contribution in [2.75, 3.05) is 6.61 Å². The van der Waals surface area contributed by atoms with Gasteiger partial charge in [-0.15, -0.1) is 0 Å². The van der Waals surface area contributed by atoms with Gasteiger partial charge in [-0.25, -0.2) is 0 Å². The quantitative estimate of drug-likeness (QED) is 0.576. The van der Waals surface area contributed by atoms with E-state index in [2.05, 4.69) is 4.74 Å². The van der Waals surface area contributed by atoms with Crippen LogP contribution in [-0.2, 0) is 4.74 Å². The van der Waals surface area contributed by atoms with Gasteiger partial charge in [0.1, 0.15) is 0 Å². The van der Waals surface area contributed by atoms with Crippen molar-refractivity contribution in [3.05, 3.63) is 0 Å². The van der Waals surface area contributed by atoms with Crippen LogP contribution >= 0.6 is 0 Å². The Hall–Kier alpha value is -0.640. The third-order valence-electron chi connectivity index (χ3n) is 1.92. The summed E-state index contributed by atoms with van der Waals surface area (Å²) < 4.78 is 102. The minimum atomic E-state index is -6.67. The first kappa shape index (κ1) is 17.4. The van der Waals surface area contributed by atoms with E-state index >= 15 is 0 Å². The fourth-order valence-corrected chi connectivity index (χ4v) is 0.807. The number of aliphatic hydroxyl groups is 1. The third-order valence-corrected chi connectivity index (χ3v) is 1.92. The lowest BCUT2D eigenvalue weighted by atomic mass is 10.1. The molecule has 0 aromatic rings. The Kier molecular flexibility index (Phi) is 4.97. The van der Waals surface area contributed by atoms with Gasteiger partial charge in [-0.2, -0.15) is 35.1 Å². The van der Waals surface area contributed by atoms with E-state index in [0.717, 1.165) is 0 Å². The molecule has 0 fully saturated rings. The second kappa shape index (κ2) is 5.16. The molecule has 0 radical (unpaired) electrons. The van der Waals surface area contributed by atoms with Crippen molar-refractivity contribution in [1.82, 2.24) is 0 Å². The summed E-state index contributed by atoms with van der Waals surface area (Å²) in [6.45, 7) is 0.447. The zero-order chi connectivity index (χ0) is 14.8. The van der Waals surface area contributed by atoms with Crippen LogP contribution in [0.25, 0.3) is 0 Å². The van der Waals surface area contributed by atoms with Crippen molar-refractivity contribution in [1.29, 1.82) is 0 Å². The lowest BCUT2D eigenvalue weighted by Crippen LogP contribution is -2.63. The molecular formula is C8H10F8O2. The number of ether oxygens (including phenoxy) is 1. The van der Waals surface area contributed by atoms with Gasteiger partial charge in [0.2, 0.25) is 0 Å². The standard InChI is InChI=1S/C8H10F8O2/c1-2-3-4-18-8(15,16)6(11,12)5(9,10)7(13,14)17/h17H,2-4H2,1H3. The van der Waals surface area contributed by atoms with Gasteiger partial charge in [0.15, 0.2) is 0 Å². The van der Waals surface area contributed by atoms with Gasteiger partial charge in [-0.05, 0) is 6.42 Å². The van der Waals surface area contributed by atoms with Gasteiger partial charge in [0.05, 0.1) is 6.61 Å². The molecule has 0 atom stereocenters. The van der Waals surface area contributed by atoms with Crippen molar-refractivity contribution < 1.29 is 45.0 Å². The van der Waals surface area contributed by atoms with E-state index in [1.54, 1.807) is 0 Å². The van der Waals surface area contributed by atoms with Crippen LogP contribution in [0.15, 0.2) is 0 Å². The molecule has 0 aromatic carbocycles. The summed E-state index contributed by atoms with van der Waals surface area (Å²) >= 11 is 0. The Morgan fingerprint density at radius 2 is 1.33 bits per heavy atom. The highest BCUT2D eigenvalue weighted by atomic mass is 19.4. The molecule has 0 aromatic heterocycles. The summed E-state index contributed by atoms with van der Waals surface area (Å²) in [5.41, 5.74) is 0. The molecule has 0 amide bonds. The lowest BCUT2D eigenvalue weighted by Gasteiger charge is -2.33. The molecule has 10 heteroatoms. The summed E-state index contributed by atoms with van der Waals surface area (Å²) in [6, 6.07) is 0. The van der Waals surface area contributed by atoms with Gasteiger partial charge in [0.25, 0.3) is 0 Å². The molecule has 0 rings (SSSR count). The first-order valence-corrected chi connectivity index (χ1v) is 4.69. The topological polar surface area (TPSA) is 29.5 Å². The largest absolute Gasteiger partial charge is 0.426 e. The molecule has 0 aliphatic heterocycles. The zero-order valence-corrected chi connectivity index (χ0v) is 9.00. The van der Waals surface area contributed by atoms with Crippen molar-refractivity contribution in [2.45, 2.75) is 43.8 Å². The first-order valence-electron chi connectivity index (χ1n) is 4.69. The molecule has 110 valence electrons. The molecule has 18 heavy (non-hydrogen) atoms. The molecule has 0 heterocycles. The Morgan fingerprint density at radius 1 is 0.889 bits per heavy atom. The monoisotopic (exact) mass is 290 g/mol. The van der Waals surface area contributed by atoms with Gasteiger partial charge in [-0.3, -0.25) is 0 Å². The minimum absolute atomic E-state index is 0.160. The molecule has 0 bridgehead atoms. The predicted octanol–water partition coefficient (Wildman–Crippen LogP) is 3.25. The van der Waals surface area contributed by atoms with Crippen LogP contribution in [0.2, 0.25) is 0 Å². The number of halogens is 8. The van der Waals surface area contributed by atoms with Crippen LogP contribution in [0.3, 0.4) is 0 Å². The van der Waals surface area contributed by atoms with E-state index in [1.165, 1.54) is 6.92 Å². The zero-order valence-electron chi connectivity index (χ0n) is 9.00. The molecule has 0 saturated heterocycles. The van der Waals surface area contributed by atoms with Crippen LogP contribution in [0, 0.1) is 0 Å². The average Bonchev–Trinajstić information content (AvgIpc) is 2.15. The number of hydrogen-bond acceptors (Lipinski definition) is 2. The van der Waals surface area contributed by atoms with Crippen molar-refractivity contribution >= 4 is 0 Å². The maximum atomic E-state index is 12.7.